The molecule has 0 spiro atoms. The van der Waals surface area contributed by atoms with Crippen molar-refractivity contribution in [1.29, 1.82) is 0 Å². The molecule has 0 aliphatic heterocycles. The minimum atomic E-state index is -6.63. The lowest BCUT2D eigenvalue weighted by Gasteiger charge is -2.34. The Morgan fingerprint density at radius 2 is 0.360 bits per heavy atom. The van der Waals surface area contributed by atoms with Gasteiger partial charge < -0.3 is 0 Å². The standard InChI is InChI=1S/C54H24BF39O6/c1-43(25-31(56)37(62)28(52(86,87)88)38(63)32(25)57,13-16-4-19(46(68,69)70)10-20(5-16)47(71,72)73)95-98-55(99-96-44(2,26-33(58)39(64)29(53(89,90)91)40(65)34(26)59)14-17-6-21(48(74,75)76)11-22(7-17)49(77,78)79)100-97-45(3,27-35(60)41(66)30(54(92,93)94)42(67)36(27)61)15-18-8-23(50(80,81)82)12-24(9-18)51(83,84)85/h4-12H,13-15H2,1-3H3. The Labute approximate surface area is 527 Å². The second-order valence-corrected chi connectivity index (χ2v) is 21.3. The molecular weight excluding hydrogens is 1500 g/mol. The lowest BCUT2D eigenvalue weighted by Crippen LogP contribution is -2.42. The van der Waals surface area contributed by atoms with E-state index < -0.39 is 328 Å². The Hall–Kier alpha value is -7.59. The van der Waals surface area contributed by atoms with Gasteiger partial charge in [0.2, 0.25) is 0 Å². The Kier molecular flexibility index (Phi) is 22.0. The fourth-order valence-electron chi connectivity index (χ4n) is 9.53. The van der Waals surface area contributed by atoms with Crippen molar-refractivity contribution in [2.75, 3.05) is 0 Å². The summed E-state index contributed by atoms with van der Waals surface area (Å²) >= 11 is 0. The highest BCUT2D eigenvalue weighted by molar-refractivity contribution is 6.35. The van der Waals surface area contributed by atoms with E-state index in [9.17, 15) is 119 Å². The van der Waals surface area contributed by atoms with E-state index in [2.05, 4.69) is 29.1 Å². The van der Waals surface area contributed by atoms with Crippen LogP contribution in [0.2, 0.25) is 0 Å². The van der Waals surface area contributed by atoms with Crippen LogP contribution in [0.25, 0.3) is 0 Å². The predicted molar refractivity (Wildman–Crippen MR) is 249 cm³/mol. The van der Waals surface area contributed by atoms with Crippen LogP contribution in [0.1, 0.15) is 104 Å². The largest absolute Gasteiger partial charge is 0.725 e. The molecule has 0 fully saturated rings. The Morgan fingerprint density at radius 1 is 0.220 bits per heavy atom. The third kappa shape index (κ3) is 17.1. The van der Waals surface area contributed by atoms with Crippen LogP contribution >= 0.6 is 0 Å². The molecular formula is C54H24BF39O6. The Bertz CT molecular complexity index is 3490. The molecule has 0 bridgehead atoms. The van der Waals surface area contributed by atoms with Gasteiger partial charge in [0.15, 0.2) is 69.8 Å². The third-order valence-electron chi connectivity index (χ3n) is 13.7. The molecule has 6 aromatic rings. The number of alkyl halides is 27. The second kappa shape index (κ2) is 27.0. The van der Waals surface area contributed by atoms with E-state index in [1.807, 2.05) is 0 Å². The quantitative estimate of drug-likeness (QED) is 0.0281. The Morgan fingerprint density at radius 3 is 0.490 bits per heavy atom. The summed E-state index contributed by atoms with van der Waals surface area (Å²) in [6, 6.07) is -5.67. The van der Waals surface area contributed by atoms with Gasteiger partial charge in [0.25, 0.3) is 0 Å². The molecule has 0 aliphatic rings. The highest BCUT2D eigenvalue weighted by Crippen LogP contribution is 2.49. The van der Waals surface area contributed by atoms with Gasteiger partial charge in [-0.15, -0.1) is 0 Å². The lowest BCUT2D eigenvalue weighted by molar-refractivity contribution is -0.411. The third-order valence-corrected chi connectivity index (χ3v) is 13.7. The van der Waals surface area contributed by atoms with E-state index in [0.29, 0.717) is 0 Å². The molecule has 0 heterocycles. The van der Waals surface area contributed by atoms with Gasteiger partial charge in [0.05, 0.1) is 50.1 Å². The van der Waals surface area contributed by atoms with Gasteiger partial charge in [-0.3, -0.25) is 0 Å². The summed E-state index contributed by atoms with van der Waals surface area (Å²) in [7, 11) is -4.65. The molecule has 3 unspecified atom stereocenters. The van der Waals surface area contributed by atoms with Crippen LogP contribution in [-0.2, 0) is 121 Å². The summed E-state index contributed by atoms with van der Waals surface area (Å²) in [5.74, 6) is -43.8. The van der Waals surface area contributed by atoms with E-state index in [1.54, 1.807) is 0 Å². The molecule has 0 saturated heterocycles. The summed E-state index contributed by atoms with van der Waals surface area (Å²) in [5, 5.41) is 0. The van der Waals surface area contributed by atoms with E-state index >= 15 is 52.7 Å². The van der Waals surface area contributed by atoms with Crippen molar-refractivity contribution in [1.82, 2.24) is 0 Å². The number of hydrogen-bond acceptors (Lipinski definition) is 6. The van der Waals surface area contributed by atoms with Gasteiger partial charge >= 0.3 is 62.9 Å². The van der Waals surface area contributed by atoms with Crippen molar-refractivity contribution < 1.29 is 200 Å². The maximum Gasteiger partial charge on any atom is 0.725 e. The number of benzene rings is 6. The summed E-state index contributed by atoms with van der Waals surface area (Å²) in [4.78, 5) is 26.8. The van der Waals surface area contributed by atoms with Gasteiger partial charge in [-0.25, -0.2) is 81.8 Å². The maximum atomic E-state index is 16.2. The zero-order valence-corrected chi connectivity index (χ0v) is 47.6. The van der Waals surface area contributed by atoms with Crippen molar-refractivity contribution in [3.63, 3.8) is 0 Å². The topological polar surface area (TPSA) is 55.4 Å². The van der Waals surface area contributed by atoms with Gasteiger partial charge in [-0.05, 0) is 92.1 Å². The summed E-state index contributed by atoms with van der Waals surface area (Å²) in [5.41, 5.74) is -54.6. The molecule has 552 valence electrons. The SMILES string of the molecule is CC(Cc1cc(C(F)(F)F)cc(C(F)(F)F)c1)(OOB(OOC(C)(Cc1cc(C(F)(F)F)cc(C(F)(F)F)c1)c1c(F)c(F)c(C(F)(F)F)c(F)c1F)OOC(C)(Cc1cc(C(F)(F)F)cc(C(F)(F)F)c1)c1c(F)c(F)c(C(F)(F)F)c(F)c1F)c1c(F)c(F)c(C(F)(F)F)c(F)c1F. The van der Waals surface area contributed by atoms with Gasteiger partial charge in [-0.1, -0.05) is 0 Å². The molecule has 0 saturated carbocycles. The van der Waals surface area contributed by atoms with E-state index in [4.69, 9.17) is 0 Å². The average Bonchev–Trinajstić information content (AvgIpc) is 0.753. The lowest BCUT2D eigenvalue weighted by atomic mass is 9.86. The molecule has 0 aliphatic carbocycles. The molecule has 6 aromatic carbocycles. The van der Waals surface area contributed by atoms with Crippen LogP contribution in [0, 0.1) is 69.8 Å². The van der Waals surface area contributed by atoms with Crippen molar-refractivity contribution >= 4 is 7.32 Å². The second-order valence-electron chi connectivity index (χ2n) is 21.3. The fraction of sp³-hybridized carbons (Fsp3) is 0.333. The molecule has 3 atom stereocenters. The predicted octanol–water partition coefficient (Wildman–Crippen LogP) is 21.1. The summed E-state index contributed by atoms with van der Waals surface area (Å²) < 4.78 is 570. The fourth-order valence-corrected chi connectivity index (χ4v) is 9.53. The van der Waals surface area contributed by atoms with Crippen molar-refractivity contribution in [2.45, 2.75) is 112 Å². The van der Waals surface area contributed by atoms with Gasteiger partial charge in [0.1, 0.15) is 33.5 Å². The molecule has 6 rings (SSSR count). The van der Waals surface area contributed by atoms with Gasteiger partial charge in [0, 0.05) is 19.3 Å². The van der Waals surface area contributed by atoms with Crippen LogP contribution in [0.4, 0.5) is 171 Å². The van der Waals surface area contributed by atoms with Crippen molar-refractivity contribution in [3.8, 4) is 0 Å². The number of halogens is 39. The first-order valence-electron chi connectivity index (χ1n) is 25.5. The smallest absolute Gasteiger partial charge is 0.235 e. The first kappa shape index (κ1) is 81.4. The van der Waals surface area contributed by atoms with E-state index in [1.165, 1.54) is 0 Å². The molecule has 46 heteroatoms. The van der Waals surface area contributed by atoms with E-state index in [-0.39, 0.29) is 0 Å². The van der Waals surface area contributed by atoms with Crippen molar-refractivity contribution in [3.05, 3.63) is 208 Å². The zero-order chi connectivity index (χ0) is 76.9. The van der Waals surface area contributed by atoms with Crippen LogP contribution in [0.3, 0.4) is 0 Å². The molecule has 0 N–H and O–H groups in total. The minimum absolute atomic E-state index is 0.393. The van der Waals surface area contributed by atoms with Crippen LogP contribution in [0.15, 0.2) is 54.6 Å². The summed E-state index contributed by atoms with van der Waals surface area (Å²) in [6.07, 6.45) is -63.9. The zero-order valence-electron chi connectivity index (χ0n) is 47.6. The van der Waals surface area contributed by atoms with E-state index in [0.717, 1.165) is 0 Å². The van der Waals surface area contributed by atoms with Crippen LogP contribution < -0.4 is 0 Å². The molecule has 0 aromatic heterocycles. The minimum Gasteiger partial charge on any atom is -0.235 e. The highest BCUT2D eigenvalue weighted by Gasteiger charge is 2.54. The molecule has 100 heavy (non-hydrogen) atoms. The first-order valence-corrected chi connectivity index (χ1v) is 25.5. The number of rotatable bonds is 18. The number of hydrogen-bond donors (Lipinski definition) is 0. The van der Waals surface area contributed by atoms with Gasteiger partial charge in [-0.2, -0.15) is 119 Å². The monoisotopic (exact) mass is 1520 g/mol. The van der Waals surface area contributed by atoms with Crippen molar-refractivity contribution in [2.24, 2.45) is 0 Å². The summed E-state index contributed by atoms with van der Waals surface area (Å²) in [6.45, 7) is -1.18. The van der Waals surface area contributed by atoms with Crippen LogP contribution in [0.5, 0.6) is 0 Å². The molecule has 0 amide bonds. The average molecular weight is 1520 g/mol. The maximum absolute atomic E-state index is 16.2. The molecule has 0 radical (unpaired) electrons. The van der Waals surface area contributed by atoms with Crippen LogP contribution in [-0.4, -0.2) is 7.32 Å². The first-order chi connectivity index (χ1) is 44.8. The normalized spacial score (nSPS) is 15.3. The Balaban J connectivity index is 1.75. The molecule has 6 nitrogen and oxygen atoms in total. The highest BCUT2D eigenvalue weighted by atomic mass is 19.4.